The number of rotatable bonds is 5. The van der Waals surface area contributed by atoms with Gasteiger partial charge >= 0.3 is 166 Å². The summed E-state index contributed by atoms with van der Waals surface area (Å²) >= 11 is 0. The quantitative estimate of drug-likeness (QED) is 0.283. The molecule has 0 aromatic rings. The maximum absolute atomic E-state index is 11.3. The van der Waals surface area contributed by atoms with Crippen molar-refractivity contribution in [3.8, 4) is 0 Å². The molecule has 0 atom stereocenters. The first-order chi connectivity index (χ1) is 5.63. The molecule has 0 heterocycles. The van der Waals surface area contributed by atoms with Crippen molar-refractivity contribution in [1.82, 2.24) is 0 Å². The molecule has 0 aromatic heterocycles. The van der Waals surface area contributed by atoms with Crippen molar-refractivity contribution >= 4 is 7.28 Å². The summed E-state index contributed by atoms with van der Waals surface area (Å²) in [7, 11) is -5.61. The van der Waals surface area contributed by atoms with Gasteiger partial charge in [0.15, 0.2) is 0 Å². The average molecular weight is 280 g/mol. The molecule has 82 valence electrons. The molecule has 0 fully saturated rings. The van der Waals surface area contributed by atoms with Crippen LogP contribution in [0.1, 0.15) is 20.8 Å². The van der Waals surface area contributed by atoms with Gasteiger partial charge in [-0.05, 0) is 0 Å². The first kappa shape index (κ1) is 27.6. The van der Waals surface area contributed by atoms with Crippen LogP contribution in [0.5, 0.6) is 0 Å². The molecular weight excluding hydrogens is 264 g/mol. The van der Waals surface area contributed by atoms with Crippen LogP contribution in [0.3, 0.4) is 0 Å². The van der Waals surface area contributed by atoms with E-state index in [0.717, 1.165) is 6.92 Å². The van der Waals surface area contributed by atoms with Gasteiger partial charge in [-0.1, -0.05) is 0 Å². The van der Waals surface area contributed by atoms with E-state index < -0.39 is 12.8 Å². The van der Waals surface area contributed by atoms with Crippen LogP contribution in [0, 0.1) is 0 Å². The summed E-state index contributed by atoms with van der Waals surface area (Å²) in [6.07, 6.45) is 0. The van der Waals surface area contributed by atoms with E-state index >= 15 is 0 Å². The summed E-state index contributed by atoms with van der Waals surface area (Å²) in [5, 5.41) is 0. The number of hydrogen-bond donors (Lipinski definition) is 0. The Bertz CT molecular complexity index is 169. The zero-order chi connectivity index (χ0) is 10.8. The summed E-state index contributed by atoms with van der Waals surface area (Å²) in [6, 6.07) is 0. The van der Waals surface area contributed by atoms with Crippen molar-refractivity contribution < 1.29 is 113 Å². The average Bonchev–Trinajstić information content (AvgIpc) is 1.83. The maximum Gasteiger partial charge on any atom is 1.00 e. The van der Waals surface area contributed by atoms with E-state index in [2.05, 4.69) is 0 Å². The molecule has 0 aliphatic heterocycles. The molecular formula is C7H16Na3O5P. The molecule has 0 saturated heterocycles. The largest absolute Gasteiger partial charge is 1.00 e. The molecule has 9 heteroatoms. The van der Waals surface area contributed by atoms with E-state index in [4.69, 9.17) is 9.47 Å². The Kier molecular flexibility index (Phi) is 17.3. The van der Waals surface area contributed by atoms with Crippen LogP contribution < -0.4 is 103 Å². The summed E-state index contributed by atoms with van der Waals surface area (Å²) in [5.74, 6) is 0. The third-order valence-electron chi connectivity index (χ3n) is 1.73. The van der Waals surface area contributed by atoms with Gasteiger partial charge in [0.05, 0.1) is 0 Å². The zero-order valence-electron chi connectivity index (χ0n) is 11.4. The van der Waals surface area contributed by atoms with E-state index in [9.17, 15) is 14.7 Å². The fourth-order valence-electron chi connectivity index (χ4n) is 0.865. The van der Waals surface area contributed by atoms with Crippen LogP contribution >= 0.6 is 7.28 Å². The molecule has 16 heavy (non-hydrogen) atoms. The van der Waals surface area contributed by atoms with E-state index in [1.807, 2.05) is 0 Å². The molecule has 0 rings (SSSR count). The van der Waals surface area contributed by atoms with E-state index in [1.165, 1.54) is 0 Å². The molecule has 0 aliphatic rings. The summed E-state index contributed by atoms with van der Waals surface area (Å²) in [6.45, 7) is 5.14. The smallest absolute Gasteiger partial charge is 1.00 e. The van der Waals surface area contributed by atoms with Crippen LogP contribution in [-0.4, -0.2) is 25.4 Å². The Labute approximate surface area is 164 Å². The summed E-state index contributed by atoms with van der Waals surface area (Å²) < 4.78 is 9.67. The van der Waals surface area contributed by atoms with Gasteiger partial charge in [-0.25, -0.2) is 0 Å². The van der Waals surface area contributed by atoms with Gasteiger partial charge < -0.3 is 0 Å². The molecule has 0 spiro atoms. The second-order valence-corrected chi connectivity index (χ2v) is 6.38. The minimum absolute atomic E-state index is 0. The third-order valence-corrected chi connectivity index (χ3v) is 3.79. The minimum atomic E-state index is -5.61. The zero-order valence-corrected chi connectivity index (χ0v) is 18.3. The number of ether oxygens (including phenoxy) is 2. The van der Waals surface area contributed by atoms with Gasteiger partial charge in [-0.2, -0.15) is 0 Å². The van der Waals surface area contributed by atoms with Crippen molar-refractivity contribution in [3.63, 3.8) is 0 Å². The standard InChI is InChI=1S/C7H16O5P.3Na/c1-5-11-7(3,12-6-2)13(4,8,9)10;;;/h5-6H2,1-4H3;;;/q-3;3*+1. The maximum atomic E-state index is 11.3. The summed E-state index contributed by atoms with van der Waals surface area (Å²) in [5.41, 5.74) is -2.06. The Morgan fingerprint density at radius 2 is 1.19 bits per heavy atom. The van der Waals surface area contributed by atoms with Crippen LogP contribution in [0.2, 0.25) is 0 Å². The first-order valence-corrected chi connectivity index (χ1v) is 6.56. The normalized spacial score (nSPS) is 13.6. The molecule has 5 nitrogen and oxygen atoms in total. The number of hydrogen-bond acceptors (Lipinski definition) is 5. The summed E-state index contributed by atoms with van der Waals surface area (Å²) in [4.78, 5) is 33.8. The second kappa shape index (κ2) is 10.0. The van der Waals surface area contributed by atoms with Crippen molar-refractivity contribution in [3.05, 3.63) is 0 Å². The van der Waals surface area contributed by atoms with E-state index in [1.54, 1.807) is 13.8 Å². The molecule has 0 unspecified atom stereocenters. The van der Waals surface area contributed by atoms with Crippen LogP contribution in [0.4, 0.5) is 0 Å². The van der Waals surface area contributed by atoms with Gasteiger partial charge in [-0.3, -0.25) is 0 Å². The van der Waals surface area contributed by atoms with Crippen LogP contribution in [0.15, 0.2) is 0 Å². The molecule has 0 radical (unpaired) electrons. The molecule has 0 aliphatic carbocycles. The van der Waals surface area contributed by atoms with Gasteiger partial charge in [0.2, 0.25) is 0 Å². The second-order valence-electron chi connectivity index (χ2n) is 3.03. The molecule has 0 bridgehead atoms. The van der Waals surface area contributed by atoms with Crippen molar-refractivity contribution in [2.24, 2.45) is 0 Å². The van der Waals surface area contributed by atoms with Gasteiger partial charge in [0, 0.05) is 0 Å². The molecule has 0 N–H and O–H groups in total. The predicted octanol–water partition coefficient (Wildman–Crippen LogP) is -10.2. The Morgan fingerprint density at radius 1 is 0.938 bits per heavy atom. The van der Waals surface area contributed by atoms with Crippen LogP contribution in [0.25, 0.3) is 0 Å². The van der Waals surface area contributed by atoms with Crippen molar-refractivity contribution in [2.75, 3.05) is 19.9 Å². The van der Waals surface area contributed by atoms with Gasteiger partial charge in [-0.15, -0.1) is 0 Å². The van der Waals surface area contributed by atoms with E-state index in [-0.39, 0.29) is 102 Å². The minimum Gasteiger partial charge on any atom is 1.00 e. The third kappa shape index (κ3) is 8.41. The Balaban J connectivity index is -0.000000240. The topological polar surface area (TPSA) is 87.6 Å². The Morgan fingerprint density at radius 3 is 1.31 bits per heavy atom. The fourth-order valence-corrected chi connectivity index (χ4v) is 1.70. The first-order valence-electron chi connectivity index (χ1n) is 4.12. The molecule has 0 saturated carbocycles. The predicted molar refractivity (Wildman–Crippen MR) is 44.5 cm³/mol. The Hall–Kier alpha value is 3.23. The molecule has 0 amide bonds. The fraction of sp³-hybridized carbons (Fsp3) is 1.00. The van der Waals surface area contributed by atoms with Crippen LogP contribution in [-0.2, 0) is 9.47 Å². The van der Waals surface area contributed by atoms with E-state index in [0.29, 0.717) is 6.66 Å². The van der Waals surface area contributed by atoms with Crippen molar-refractivity contribution in [1.29, 1.82) is 0 Å². The van der Waals surface area contributed by atoms with Crippen molar-refractivity contribution in [2.45, 2.75) is 26.3 Å². The monoisotopic (exact) mass is 280 g/mol. The SMILES string of the molecule is CCOC(C)(OCC)P(C)([O-])([O-])[O-].[Na+].[Na+].[Na+]. The van der Waals surface area contributed by atoms with Gasteiger partial charge in [0.25, 0.3) is 0 Å². The van der Waals surface area contributed by atoms with Gasteiger partial charge in [0.1, 0.15) is 0 Å². The molecule has 0 aromatic carbocycles.